The molecule has 6 heteroatoms. The van der Waals surface area contributed by atoms with Gasteiger partial charge in [-0.1, -0.05) is 41.6 Å². The van der Waals surface area contributed by atoms with Crippen molar-refractivity contribution in [3.05, 3.63) is 41.5 Å². The highest BCUT2D eigenvalue weighted by Gasteiger charge is 2.17. The Bertz CT molecular complexity index is 827. The van der Waals surface area contributed by atoms with Gasteiger partial charge in [-0.15, -0.1) is 11.3 Å². The van der Waals surface area contributed by atoms with Crippen LogP contribution in [0.15, 0.2) is 41.0 Å². The monoisotopic (exact) mass is 329 g/mol. The molecule has 0 fully saturated rings. The van der Waals surface area contributed by atoms with Crippen molar-refractivity contribution in [1.82, 2.24) is 9.97 Å². The third-order valence-electron chi connectivity index (χ3n) is 3.39. The molecule has 4 nitrogen and oxygen atoms in total. The molecule has 22 heavy (non-hydrogen) atoms. The van der Waals surface area contributed by atoms with Crippen LogP contribution in [-0.4, -0.2) is 21.1 Å². The SMILES string of the molecule is Cc1ccc(-c2csc3ncnc(S[C@H](C)C(N)=O)c23)cc1. The first kappa shape index (κ1) is 15.0. The number of carbonyl (C=O) groups excluding carboxylic acids is 1. The van der Waals surface area contributed by atoms with E-state index in [1.54, 1.807) is 18.3 Å². The molecule has 0 unspecified atom stereocenters. The van der Waals surface area contributed by atoms with Crippen LogP contribution in [0.2, 0.25) is 0 Å². The molecule has 0 spiro atoms. The normalized spacial score (nSPS) is 12.5. The number of fused-ring (bicyclic) bond motifs is 1. The number of benzene rings is 1. The number of primary amides is 1. The molecule has 1 aromatic carbocycles. The summed E-state index contributed by atoms with van der Waals surface area (Å²) < 4.78 is 0. The number of hydrogen-bond donors (Lipinski definition) is 1. The van der Waals surface area contributed by atoms with Crippen LogP contribution in [0.3, 0.4) is 0 Å². The van der Waals surface area contributed by atoms with E-state index in [0.29, 0.717) is 0 Å². The first-order chi connectivity index (χ1) is 10.6. The minimum absolute atomic E-state index is 0.330. The number of hydrogen-bond acceptors (Lipinski definition) is 5. The van der Waals surface area contributed by atoms with Gasteiger partial charge in [0.25, 0.3) is 0 Å². The van der Waals surface area contributed by atoms with Crippen molar-refractivity contribution in [2.45, 2.75) is 24.1 Å². The Kier molecular flexibility index (Phi) is 4.13. The minimum atomic E-state index is -0.344. The molecule has 0 aliphatic rings. The average Bonchev–Trinajstić information content (AvgIpc) is 2.93. The van der Waals surface area contributed by atoms with Gasteiger partial charge >= 0.3 is 0 Å². The van der Waals surface area contributed by atoms with Gasteiger partial charge in [-0.2, -0.15) is 0 Å². The lowest BCUT2D eigenvalue weighted by molar-refractivity contribution is -0.117. The van der Waals surface area contributed by atoms with Gasteiger partial charge in [-0.25, -0.2) is 9.97 Å². The number of thiophene rings is 1. The summed E-state index contributed by atoms with van der Waals surface area (Å²) in [6.07, 6.45) is 1.54. The van der Waals surface area contributed by atoms with Crippen molar-refractivity contribution in [2.75, 3.05) is 0 Å². The lowest BCUT2D eigenvalue weighted by Gasteiger charge is -2.08. The Morgan fingerprint density at radius 3 is 2.68 bits per heavy atom. The number of nitrogens with zero attached hydrogens (tertiary/aromatic N) is 2. The first-order valence-electron chi connectivity index (χ1n) is 6.81. The van der Waals surface area contributed by atoms with E-state index in [-0.39, 0.29) is 11.2 Å². The molecule has 0 aliphatic carbocycles. The lowest BCUT2D eigenvalue weighted by Crippen LogP contribution is -2.22. The Labute approximate surface area is 136 Å². The second-order valence-electron chi connectivity index (χ2n) is 5.04. The van der Waals surface area contributed by atoms with E-state index < -0.39 is 0 Å². The molecular weight excluding hydrogens is 314 g/mol. The van der Waals surface area contributed by atoms with E-state index in [1.165, 1.54) is 23.7 Å². The maximum atomic E-state index is 11.3. The second kappa shape index (κ2) is 6.06. The van der Waals surface area contributed by atoms with Crippen molar-refractivity contribution in [1.29, 1.82) is 0 Å². The molecule has 1 atom stereocenters. The van der Waals surface area contributed by atoms with E-state index in [9.17, 15) is 4.79 Å². The molecule has 1 amide bonds. The highest BCUT2D eigenvalue weighted by molar-refractivity contribution is 8.00. The summed E-state index contributed by atoms with van der Waals surface area (Å²) in [6, 6.07) is 8.36. The van der Waals surface area contributed by atoms with Crippen LogP contribution in [0.25, 0.3) is 21.3 Å². The van der Waals surface area contributed by atoms with Gasteiger partial charge in [-0.3, -0.25) is 4.79 Å². The van der Waals surface area contributed by atoms with Crippen LogP contribution in [0.1, 0.15) is 12.5 Å². The summed E-state index contributed by atoms with van der Waals surface area (Å²) in [7, 11) is 0. The Morgan fingerprint density at radius 2 is 2.00 bits per heavy atom. The maximum Gasteiger partial charge on any atom is 0.230 e. The van der Waals surface area contributed by atoms with Gasteiger partial charge in [0.2, 0.25) is 5.91 Å². The summed E-state index contributed by atoms with van der Waals surface area (Å²) in [5.41, 5.74) is 8.81. The van der Waals surface area contributed by atoms with E-state index >= 15 is 0 Å². The summed E-state index contributed by atoms with van der Waals surface area (Å²) in [4.78, 5) is 20.9. The molecule has 0 saturated carbocycles. The fourth-order valence-electron chi connectivity index (χ4n) is 2.11. The molecule has 2 N–H and O–H groups in total. The van der Waals surface area contributed by atoms with Gasteiger partial charge in [0.1, 0.15) is 16.2 Å². The van der Waals surface area contributed by atoms with E-state index in [4.69, 9.17) is 5.73 Å². The number of carbonyl (C=O) groups is 1. The van der Waals surface area contributed by atoms with Crippen molar-refractivity contribution in [2.24, 2.45) is 5.73 Å². The van der Waals surface area contributed by atoms with Crippen LogP contribution in [0, 0.1) is 6.92 Å². The molecule has 0 bridgehead atoms. The van der Waals surface area contributed by atoms with E-state index in [2.05, 4.69) is 46.5 Å². The molecule has 2 aromatic heterocycles. The summed E-state index contributed by atoms with van der Waals surface area (Å²) in [5.74, 6) is -0.344. The lowest BCUT2D eigenvalue weighted by atomic mass is 10.1. The number of rotatable bonds is 4. The molecule has 112 valence electrons. The van der Waals surface area contributed by atoms with Crippen molar-refractivity contribution >= 4 is 39.2 Å². The Hall–Kier alpha value is -1.92. The third-order valence-corrected chi connectivity index (χ3v) is 5.39. The second-order valence-corrected chi connectivity index (χ2v) is 7.22. The molecule has 3 rings (SSSR count). The number of aromatic nitrogens is 2. The Morgan fingerprint density at radius 1 is 1.27 bits per heavy atom. The fourth-order valence-corrected chi connectivity index (χ4v) is 3.97. The van der Waals surface area contributed by atoms with E-state index in [0.717, 1.165) is 26.4 Å². The molecule has 0 saturated heterocycles. The predicted molar refractivity (Wildman–Crippen MR) is 92.1 cm³/mol. The molecule has 3 aromatic rings. The van der Waals surface area contributed by atoms with Crippen LogP contribution in [-0.2, 0) is 4.79 Å². The number of thioether (sulfide) groups is 1. The van der Waals surface area contributed by atoms with Crippen molar-refractivity contribution in [3.8, 4) is 11.1 Å². The third kappa shape index (κ3) is 2.84. The summed E-state index contributed by atoms with van der Waals surface area (Å²) in [6.45, 7) is 3.85. The van der Waals surface area contributed by atoms with Crippen LogP contribution in [0.4, 0.5) is 0 Å². The summed E-state index contributed by atoms with van der Waals surface area (Å²) in [5, 5.41) is 3.55. The zero-order chi connectivity index (χ0) is 15.7. The largest absolute Gasteiger partial charge is 0.369 e. The topological polar surface area (TPSA) is 68.9 Å². The molecule has 0 aliphatic heterocycles. The average molecular weight is 329 g/mol. The number of nitrogens with two attached hydrogens (primary N) is 1. The number of aryl methyl sites for hydroxylation is 1. The van der Waals surface area contributed by atoms with E-state index in [1.807, 2.05) is 0 Å². The van der Waals surface area contributed by atoms with Gasteiger partial charge in [0.15, 0.2) is 0 Å². The van der Waals surface area contributed by atoms with Crippen molar-refractivity contribution in [3.63, 3.8) is 0 Å². The molecule has 2 heterocycles. The van der Waals surface area contributed by atoms with Crippen LogP contribution in [0.5, 0.6) is 0 Å². The highest BCUT2D eigenvalue weighted by atomic mass is 32.2. The van der Waals surface area contributed by atoms with Gasteiger partial charge in [0, 0.05) is 10.9 Å². The molecular formula is C16H15N3OS2. The zero-order valence-corrected chi connectivity index (χ0v) is 13.9. The standard InChI is InChI=1S/C16H15N3OS2/c1-9-3-5-11(6-4-9)12-7-21-15-13(12)16(19-8-18-15)22-10(2)14(17)20/h3-8,10H,1-2H3,(H2,17,20)/t10-/m1/s1. The maximum absolute atomic E-state index is 11.3. The zero-order valence-electron chi connectivity index (χ0n) is 12.2. The smallest absolute Gasteiger partial charge is 0.230 e. The van der Waals surface area contributed by atoms with Gasteiger partial charge in [0.05, 0.1) is 10.6 Å². The predicted octanol–water partition coefficient (Wildman–Crippen LogP) is 3.63. The van der Waals surface area contributed by atoms with Crippen LogP contribution >= 0.6 is 23.1 Å². The summed E-state index contributed by atoms with van der Waals surface area (Å²) >= 11 is 2.96. The first-order valence-corrected chi connectivity index (χ1v) is 8.57. The quantitative estimate of drug-likeness (QED) is 0.586. The Balaban J connectivity index is 2.12. The molecule has 0 radical (unpaired) electrons. The number of amides is 1. The van der Waals surface area contributed by atoms with Crippen LogP contribution < -0.4 is 5.73 Å². The van der Waals surface area contributed by atoms with Gasteiger partial charge < -0.3 is 5.73 Å². The van der Waals surface area contributed by atoms with Gasteiger partial charge in [-0.05, 0) is 19.4 Å². The fraction of sp³-hybridized carbons (Fsp3) is 0.188. The highest BCUT2D eigenvalue weighted by Crippen LogP contribution is 2.38. The minimum Gasteiger partial charge on any atom is -0.369 e. The van der Waals surface area contributed by atoms with Crippen molar-refractivity contribution < 1.29 is 4.79 Å².